The number of aryl methyl sites for hydroxylation is 2. The smallest absolute Gasteiger partial charge is 0.258 e. The maximum absolute atomic E-state index is 13.3. The number of hydrogen-bond donors (Lipinski definition) is 1. The predicted molar refractivity (Wildman–Crippen MR) is 99.5 cm³/mol. The number of rotatable bonds is 3. The number of carbonyl (C=O) groups excluding carboxylic acids is 1. The van der Waals surface area contributed by atoms with E-state index in [0.717, 1.165) is 30.9 Å². The Bertz CT molecular complexity index is 1060. The van der Waals surface area contributed by atoms with Crippen LogP contribution in [-0.4, -0.2) is 42.4 Å². The Morgan fingerprint density at radius 3 is 2.81 bits per heavy atom. The van der Waals surface area contributed by atoms with Gasteiger partial charge in [0.2, 0.25) is 5.71 Å². The lowest BCUT2D eigenvalue weighted by Gasteiger charge is -2.27. The van der Waals surface area contributed by atoms with E-state index in [9.17, 15) is 4.79 Å². The zero-order valence-corrected chi connectivity index (χ0v) is 15.7. The van der Waals surface area contributed by atoms with Gasteiger partial charge in [-0.2, -0.15) is 4.98 Å². The molecule has 5 rings (SSSR count). The van der Waals surface area contributed by atoms with Gasteiger partial charge in [0.15, 0.2) is 0 Å². The molecule has 0 radical (unpaired) electrons. The Balaban J connectivity index is 1.52. The highest BCUT2D eigenvalue weighted by Crippen LogP contribution is 2.40. The summed E-state index contributed by atoms with van der Waals surface area (Å²) < 4.78 is 7.74. The maximum Gasteiger partial charge on any atom is 0.258 e. The van der Waals surface area contributed by atoms with Crippen molar-refractivity contribution in [2.75, 3.05) is 11.9 Å². The van der Waals surface area contributed by atoms with Gasteiger partial charge in [-0.25, -0.2) is 9.97 Å². The van der Waals surface area contributed by atoms with Crippen molar-refractivity contribution in [3.63, 3.8) is 0 Å². The highest BCUT2D eigenvalue weighted by atomic mass is 16.3. The molecule has 0 spiro atoms. The summed E-state index contributed by atoms with van der Waals surface area (Å²) >= 11 is 0. The Hall–Kier alpha value is -2.90. The predicted octanol–water partition coefficient (Wildman–Crippen LogP) is 2.66. The van der Waals surface area contributed by atoms with Crippen LogP contribution in [0.2, 0.25) is 0 Å². The highest BCUT2D eigenvalue weighted by Gasteiger charge is 2.38. The zero-order chi connectivity index (χ0) is 18.8. The molecule has 8 nitrogen and oxygen atoms in total. The van der Waals surface area contributed by atoms with Crippen LogP contribution in [0.4, 0.5) is 5.82 Å². The van der Waals surface area contributed by atoms with Crippen molar-refractivity contribution in [1.29, 1.82) is 0 Å². The largest absolute Gasteiger partial charge is 0.445 e. The Morgan fingerprint density at radius 2 is 2.04 bits per heavy atom. The van der Waals surface area contributed by atoms with Crippen molar-refractivity contribution in [1.82, 2.24) is 24.4 Å². The van der Waals surface area contributed by atoms with E-state index in [0.29, 0.717) is 41.4 Å². The van der Waals surface area contributed by atoms with Gasteiger partial charge in [-0.05, 0) is 33.6 Å². The first-order valence-corrected chi connectivity index (χ1v) is 9.28. The summed E-state index contributed by atoms with van der Waals surface area (Å²) in [5, 5.41) is 4.15. The minimum Gasteiger partial charge on any atom is -0.445 e. The number of nitrogens with zero attached hydrogens (tertiary/aromatic N) is 5. The molecule has 0 saturated heterocycles. The quantitative estimate of drug-likeness (QED) is 0.767. The molecule has 8 heteroatoms. The second-order valence-electron chi connectivity index (χ2n) is 7.85. The van der Waals surface area contributed by atoms with E-state index in [1.165, 1.54) is 6.26 Å². The van der Waals surface area contributed by atoms with Gasteiger partial charge in [-0.15, -0.1) is 0 Å². The van der Waals surface area contributed by atoms with Gasteiger partial charge < -0.3 is 19.2 Å². The standard InChI is InChI=1S/C19H22N6O2/c1-11-8-24-6-7-25(9-14(24)20-11)18(26)13-10-27-17-15(13)16(21-12(2)22-17)23-19(3)4-5-19/h8,10H,4-7,9H2,1-3H3,(H,21,22,23). The second kappa shape index (κ2) is 5.55. The third-order valence-electron chi connectivity index (χ3n) is 5.41. The minimum absolute atomic E-state index is 0.0404. The van der Waals surface area contributed by atoms with Crippen molar-refractivity contribution in [2.24, 2.45) is 0 Å². The molecule has 27 heavy (non-hydrogen) atoms. The normalized spacial score (nSPS) is 17.8. The number of fused-ring (bicyclic) bond motifs is 2. The lowest BCUT2D eigenvalue weighted by atomic mass is 10.1. The Labute approximate surface area is 156 Å². The van der Waals surface area contributed by atoms with Crippen LogP contribution < -0.4 is 5.32 Å². The molecule has 1 fully saturated rings. The van der Waals surface area contributed by atoms with E-state index in [-0.39, 0.29) is 11.4 Å². The van der Waals surface area contributed by atoms with Crippen molar-refractivity contribution in [2.45, 2.75) is 52.2 Å². The third kappa shape index (κ3) is 2.75. The van der Waals surface area contributed by atoms with Crippen LogP contribution in [0.3, 0.4) is 0 Å². The molecule has 4 heterocycles. The molecule has 0 atom stereocenters. The van der Waals surface area contributed by atoms with Crippen LogP contribution in [0.5, 0.6) is 0 Å². The van der Waals surface area contributed by atoms with E-state index in [1.54, 1.807) is 0 Å². The van der Waals surface area contributed by atoms with Crippen molar-refractivity contribution in [3.05, 3.63) is 35.4 Å². The molecule has 2 aliphatic rings. The number of imidazole rings is 1. The number of hydrogen-bond acceptors (Lipinski definition) is 6. The van der Waals surface area contributed by atoms with E-state index >= 15 is 0 Å². The van der Waals surface area contributed by atoms with E-state index < -0.39 is 0 Å². The molecular formula is C19H22N6O2. The molecule has 3 aromatic heterocycles. The second-order valence-corrected chi connectivity index (χ2v) is 7.85. The average molecular weight is 366 g/mol. The fourth-order valence-corrected chi connectivity index (χ4v) is 3.63. The van der Waals surface area contributed by atoms with Crippen LogP contribution in [0.15, 0.2) is 16.9 Å². The monoisotopic (exact) mass is 366 g/mol. The number of carbonyl (C=O) groups is 1. The van der Waals surface area contributed by atoms with Crippen molar-refractivity contribution >= 4 is 22.8 Å². The average Bonchev–Trinajstić information content (AvgIpc) is 3.04. The molecule has 1 amide bonds. The van der Waals surface area contributed by atoms with E-state index in [1.807, 2.05) is 24.9 Å². The summed E-state index contributed by atoms with van der Waals surface area (Å²) in [6.07, 6.45) is 5.72. The van der Waals surface area contributed by atoms with Gasteiger partial charge >= 0.3 is 0 Å². The summed E-state index contributed by atoms with van der Waals surface area (Å²) in [5.74, 6) is 2.15. The third-order valence-corrected chi connectivity index (χ3v) is 5.41. The van der Waals surface area contributed by atoms with Gasteiger partial charge in [0.25, 0.3) is 5.91 Å². The first-order chi connectivity index (χ1) is 12.9. The molecule has 1 aliphatic heterocycles. The minimum atomic E-state index is -0.0721. The maximum atomic E-state index is 13.3. The van der Waals surface area contributed by atoms with Gasteiger partial charge in [0.1, 0.15) is 23.7 Å². The summed E-state index contributed by atoms with van der Waals surface area (Å²) in [4.78, 5) is 28.5. The summed E-state index contributed by atoms with van der Waals surface area (Å²) in [5.41, 5.74) is 1.97. The molecule has 0 unspecified atom stereocenters. The molecule has 0 bridgehead atoms. The number of nitrogens with one attached hydrogen (secondary N) is 1. The topological polar surface area (TPSA) is 89.1 Å². The van der Waals surface area contributed by atoms with Gasteiger partial charge in [-0.3, -0.25) is 4.79 Å². The van der Waals surface area contributed by atoms with Gasteiger partial charge in [-0.1, -0.05) is 0 Å². The van der Waals surface area contributed by atoms with Crippen LogP contribution in [-0.2, 0) is 13.1 Å². The molecule has 1 N–H and O–H groups in total. The van der Waals surface area contributed by atoms with Crippen molar-refractivity contribution in [3.8, 4) is 0 Å². The summed E-state index contributed by atoms with van der Waals surface area (Å²) in [6.45, 7) is 7.84. The Kier molecular flexibility index (Phi) is 3.35. The fraction of sp³-hybridized carbons (Fsp3) is 0.474. The summed E-state index contributed by atoms with van der Waals surface area (Å²) in [6, 6.07) is 0. The van der Waals surface area contributed by atoms with Crippen LogP contribution in [0, 0.1) is 13.8 Å². The van der Waals surface area contributed by atoms with Gasteiger partial charge in [0, 0.05) is 24.8 Å². The highest BCUT2D eigenvalue weighted by molar-refractivity contribution is 6.09. The molecule has 140 valence electrons. The molecule has 1 aliphatic carbocycles. The van der Waals surface area contributed by atoms with Crippen LogP contribution >= 0.6 is 0 Å². The first-order valence-electron chi connectivity index (χ1n) is 9.28. The Morgan fingerprint density at radius 1 is 1.22 bits per heavy atom. The molecular weight excluding hydrogens is 344 g/mol. The number of amides is 1. The number of anilines is 1. The van der Waals surface area contributed by atoms with Gasteiger partial charge in [0.05, 0.1) is 23.2 Å². The van der Waals surface area contributed by atoms with Crippen LogP contribution in [0.1, 0.15) is 47.5 Å². The van der Waals surface area contributed by atoms with Crippen molar-refractivity contribution < 1.29 is 9.21 Å². The first kappa shape index (κ1) is 16.3. The van der Waals surface area contributed by atoms with Crippen LogP contribution in [0.25, 0.3) is 11.1 Å². The number of aromatic nitrogens is 4. The van der Waals surface area contributed by atoms with E-state index in [2.05, 4.69) is 31.8 Å². The SMILES string of the molecule is Cc1cn2c(n1)CN(C(=O)c1coc3nc(C)nc(NC4(C)CC4)c13)CC2. The fourth-order valence-electron chi connectivity index (χ4n) is 3.63. The molecule has 0 aromatic carbocycles. The lowest BCUT2D eigenvalue weighted by molar-refractivity contribution is 0.0708. The summed E-state index contributed by atoms with van der Waals surface area (Å²) in [7, 11) is 0. The number of furan rings is 1. The lowest BCUT2D eigenvalue weighted by Crippen LogP contribution is -2.38. The van der Waals surface area contributed by atoms with E-state index in [4.69, 9.17) is 4.42 Å². The molecule has 1 saturated carbocycles. The zero-order valence-electron chi connectivity index (χ0n) is 15.7. The molecule has 3 aromatic rings.